The van der Waals surface area contributed by atoms with Crippen molar-refractivity contribution in [2.45, 2.75) is 27.1 Å². The van der Waals surface area contributed by atoms with Crippen LogP contribution in [0.15, 0.2) is 0 Å². The minimum absolute atomic E-state index is 0. The van der Waals surface area contributed by atoms with Crippen LogP contribution in [0.4, 0.5) is 0 Å². The third-order valence-electron chi connectivity index (χ3n) is 1.09. The van der Waals surface area contributed by atoms with E-state index in [9.17, 15) is 9.59 Å². The maximum Gasteiger partial charge on any atom is 0.376 e. The summed E-state index contributed by atoms with van der Waals surface area (Å²) in [6.07, 6.45) is -1.19. The Labute approximate surface area is 84.0 Å². The van der Waals surface area contributed by atoms with Gasteiger partial charge in [0.2, 0.25) is 12.1 Å². The maximum absolute atomic E-state index is 10.5. The van der Waals surface area contributed by atoms with Crippen LogP contribution in [-0.4, -0.2) is 23.1 Å². The third-order valence-corrected chi connectivity index (χ3v) is 1.09. The van der Waals surface area contributed by atoms with Gasteiger partial charge in [0.05, 0.1) is 0 Å². The molecular weight excluding hydrogens is 213 g/mol. The number of aliphatic hydroxyl groups excluding tert-OH is 1. The molecule has 0 radical (unpaired) electrons. The molecule has 1 N–H and O–H groups in total. The Balaban J connectivity index is 0. The van der Waals surface area contributed by atoms with Gasteiger partial charge >= 0.3 is 5.97 Å². The van der Waals surface area contributed by atoms with E-state index in [1.165, 1.54) is 0 Å². The summed E-state index contributed by atoms with van der Waals surface area (Å²) in [7, 11) is 0. The first kappa shape index (κ1) is 14.3. The van der Waals surface area contributed by atoms with Gasteiger partial charge in [-0.1, -0.05) is 13.8 Å². The summed E-state index contributed by atoms with van der Waals surface area (Å²) >= 11 is 0. The molecule has 12 heavy (non-hydrogen) atoms. The fourth-order valence-electron chi connectivity index (χ4n) is 0.329. The summed E-state index contributed by atoms with van der Waals surface area (Å²) in [5.41, 5.74) is 0. The molecule has 66 valence electrons. The number of esters is 1. The normalized spacial score (nSPS) is 11.8. The molecule has 0 aliphatic carbocycles. The molecule has 0 rings (SSSR count). The van der Waals surface area contributed by atoms with Gasteiger partial charge in [0.25, 0.3) is 0 Å². The Hall–Kier alpha value is -0.277. The molecule has 0 fully saturated rings. The van der Waals surface area contributed by atoms with E-state index in [2.05, 4.69) is 4.74 Å². The second-order valence-corrected chi connectivity index (χ2v) is 2.60. The minimum atomic E-state index is -1.19. The van der Waals surface area contributed by atoms with Crippen LogP contribution in [0.1, 0.15) is 20.8 Å². The molecular formula is C7H12O4Zn. The van der Waals surface area contributed by atoms with Gasteiger partial charge in [-0.05, 0) is 0 Å². The first-order valence-corrected chi connectivity index (χ1v) is 3.34. The van der Waals surface area contributed by atoms with E-state index in [0.29, 0.717) is 0 Å². The van der Waals surface area contributed by atoms with E-state index >= 15 is 0 Å². The molecule has 0 spiro atoms. The van der Waals surface area contributed by atoms with Crippen LogP contribution in [0.25, 0.3) is 0 Å². The Bertz CT molecular complexity index is 167. The number of ether oxygens (including phenoxy) is 1. The van der Waals surface area contributed by atoms with E-state index in [0.717, 1.165) is 6.92 Å². The summed E-state index contributed by atoms with van der Waals surface area (Å²) in [5, 5.41) is 8.95. The molecule has 0 heterocycles. The van der Waals surface area contributed by atoms with Crippen LogP contribution >= 0.6 is 0 Å². The van der Waals surface area contributed by atoms with Gasteiger partial charge in [-0.25, -0.2) is 4.79 Å². The van der Waals surface area contributed by atoms with Crippen molar-refractivity contribution in [1.82, 2.24) is 0 Å². The minimum Gasteiger partial charge on any atom is -0.430 e. The predicted octanol–water partition coefficient (Wildman–Crippen LogP) is 0.0905. The smallest absolute Gasteiger partial charge is 0.376 e. The van der Waals surface area contributed by atoms with Crippen molar-refractivity contribution >= 4 is 11.8 Å². The number of Topliss-reactive ketones (excluding diaryl/α,β-unsaturated/α-hetero) is 1. The molecule has 0 amide bonds. The monoisotopic (exact) mass is 224 g/mol. The van der Waals surface area contributed by atoms with E-state index in [4.69, 9.17) is 5.11 Å². The molecule has 1 atom stereocenters. The Morgan fingerprint density at radius 1 is 1.33 bits per heavy atom. The Kier molecular flexibility index (Phi) is 7.44. The molecule has 4 nitrogen and oxygen atoms in total. The second-order valence-electron chi connectivity index (χ2n) is 2.60. The standard InChI is InChI=1S/C7H12O4.Zn/c1-4(2)6(9)11-7(10)5(3)8;/h4,6,9H,1-3H3;. The zero-order valence-corrected chi connectivity index (χ0v) is 10.5. The zero-order chi connectivity index (χ0) is 9.02. The van der Waals surface area contributed by atoms with Crippen LogP contribution in [0.3, 0.4) is 0 Å². The summed E-state index contributed by atoms with van der Waals surface area (Å²) in [4.78, 5) is 20.8. The van der Waals surface area contributed by atoms with Crippen molar-refractivity contribution < 1.29 is 38.9 Å². The van der Waals surface area contributed by atoms with Gasteiger partial charge in [-0.15, -0.1) is 0 Å². The van der Waals surface area contributed by atoms with E-state index in [1.807, 2.05) is 0 Å². The second kappa shape index (κ2) is 6.26. The van der Waals surface area contributed by atoms with Crippen molar-refractivity contribution in [2.75, 3.05) is 0 Å². The Morgan fingerprint density at radius 3 is 2.00 bits per heavy atom. The average molecular weight is 226 g/mol. The predicted molar refractivity (Wildman–Crippen MR) is 37.6 cm³/mol. The van der Waals surface area contributed by atoms with E-state index in [1.54, 1.807) is 13.8 Å². The fourth-order valence-corrected chi connectivity index (χ4v) is 0.329. The van der Waals surface area contributed by atoms with Gasteiger partial charge in [0, 0.05) is 32.3 Å². The largest absolute Gasteiger partial charge is 0.430 e. The number of hydrogen-bond acceptors (Lipinski definition) is 4. The van der Waals surface area contributed by atoms with Crippen molar-refractivity contribution in [2.24, 2.45) is 5.92 Å². The topological polar surface area (TPSA) is 63.6 Å². The summed E-state index contributed by atoms with van der Waals surface area (Å²) in [5.74, 6) is -1.89. The number of carbonyl (C=O) groups excluding carboxylic acids is 2. The number of carbonyl (C=O) groups is 2. The summed E-state index contributed by atoms with van der Waals surface area (Å²) in [6, 6.07) is 0. The van der Waals surface area contributed by atoms with Crippen molar-refractivity contribution in [1.29, 1.82) is 0 Å². The van der Waals surface area contributed by atoms with Crippen LogP contribution in [-0.2, 0) is 33.8 Å². The quantitative estimate of drug-likeness (QED) is 0.320. The molecule has 0 aliphatic heterocycles. The Morgan fingerprint density at radius 2 is 1.75 bits per heavy atom. The van der Waals surface area contributed by atoms with Gasteiger partial charge in [-0.2, -0.15) is 0 Å². The number of aliphatic hydroxyl groups is 1. The number of hydrogen-bond donors (Lipinski definition) is 1. The molecule has 0 aromatic carbocycles. The molecule has 0 aromatic rings. The van der Waals surface area contributed by atoms with Crippen molar-refractivity contribution in [3.63, 3.8) is 0 Å². The van der Waals surface area contributed by atoms with Crippen LogP contribution < -0.4 is 0 Å². The molecule has 0 aromatic heterocycles. The molecule has 0 saturated heterocycles. The average Bonchev–Trinajstić information content (AvgIpc) is 1.87. The third kappa shape index (κ3) is 5.38. The zero-order valence-electron chi connectivity index (χ0n) is 7.53. The molecule has 5 heteroatoms. The first-order valence-electron chi connectivity index (χ1n) is 3.34. The number of rotatable bonds is 3. The summed E-state index contributed by atoms with van der Waals surface area (Å²) in [6.45, 7) is 4.45. The van der Waals surface area contributed by atoms with E-state index in [-0.39, 0.29) is 25.4 Å². The fraction of sp³-hybridized carbons (Fsp3) is 0.714. The molecule has 0 aliphatic rings. The van der Waals surface area contributed by atoms with E-state index < -0.39 is 18.0 Å². The number of ketones is 1. The van der Waals surface area contributed by atoms with Gasteiger partial charge in [0.15, 0.2) is 0 Å². The SMILES string of the molecule is CC(=O)C(=O)OC(O)C(C)C.[Zn]. The molecule has 0 saturated carbocycles. The van der Waals surface area contributed by atoms with Crippen molar-refractivity contribution in [3.8, 4) is 0 Å². The molecule has 0 bridgehead atoms. The maximum atomic E-state index is 10.5. The van der Waals surface area contributed by atoms with Crippen LogP contribution in [0, 0.1) is 5.92 Å². The van der Waals surface area contributed by atoms with Crippen LogP contribution in [0.2, 0.25) is 0 Å². The first-order chi connectivity index (χ1) is 4.95. The van der Waals surface area contributed by atoms with Gasteiger partial charge in [0.1, 0.15) is 0 Å². The summed E-state index contributed by atoms with van der Waals surface area (Å²) < 4.78 is 4.34. The van der Waals surface area contributed by atoms with Crippen molar-refractivity contribution in [3.05, 3.63) is 0 Å². The van der Waals surface area contributed by atoms with Gasteiger partial charge < -0.3 is 9.84 Å². The van der Waals surface area contributed by atoms with Crippen LogP contribution in [0.5, 0.6) is 0 Å². The molecule has 1 unspecified atom stereocenters. The van der Waals surface area contributed by atoms with Gasteiger partial charge in [-0.3, -0.25) is 4.79 Å².